The molecular weight excluding hydrogens is 949 g/mol. The monoisotopic (exact) mass is 996 g/mol. The van der Waals surface area contributed by atoms with Crippen molar-refractivity contribution in [1.82, 2.24) is 0 Å². The van der Waals surface area contributed by atoms with E-state index in [4.69, 9.17) is 9.47 Å². The second-order valence-electron chi connectivity index (χ2n) is 19.6. The Morgan fingerprint density at radius 1 is 0.373 bits per heavy atom. The molecule has 2 heterocycles. The molecule has 10 aromatic carbocycles. The average Bonchev–Trinajstić information content (AvgIpc) is 4.29. The fourth-order valence-corrected chi connectivity index (χ4v) is 15.2. The van der Waals surface area contributed by atoms with Crippen LogP contribution in [-0.4, -0.2) is 13.2 Å². The lowest BCUT2D eigenvalue weighted by molar-refractivity contribution is 0.370. The largest absolute Gasteiger partial charge is 0.481 e. The average molecular weight is 997 g/mol. The van der Waals surface area contributed by atoms with E-state index in [0.717, 1.165) is 28.7 Å². The van der Waals surface area contributed by atoms with Crippen LogP contribution in [0.1, 0.15) is 66.7 Å². The summed E-state index contributed by atoms with van der Waals surface area (Å²) in [6.45, 7) is 4.43. The van der Waals surface area contributed by atoms with Gasteiger partial charge in [0.15, 0.2) is 0 Å². The highest BCUT2D eigenvalue weighted by Gasteiger charge is 2.49. The summed E-state index contributed by atoms with van der Waals surface area (Å²) in [6.07, 6.45) is 0.825. The van der Waals surface area contributed by atoms with Crippen LogP contribution in [0, 0.1) is 23.7 Å². The number of hydrogen-bond acceptors (Lipinski definition) is 4. The third-order valence-corrected chi connectivity index (χ3v) is 18.2. The van der Waals surface area contributed by atoms with Crippen LogP contribution in [-0.2, 0) is 17.3 Å². The maximum Gasteiger partial charge on any atom is 0.149 e. The van der Waals surface area contributed by atoms with Gasteiger partial charge >= 0.3 is 0 Å². The van der Waals surface area contributed by atoms with Crippen molar-refractivity contribution in [2.45, 2.75) is 31.1 Å². The summed E-state index contributed by atoms with van der Waals surface area (Å²) < 4.78 is 12.0. The van der Waals surface area contributed by atoms with Crippen LogP contribution in [0.15, 0.2) is 218 Å². The molecule has 12 aromatic rings. The summed E-state index contributed by atoms with van der Waals surface area (Å²) in [5, 5.41) is 9.70. The lowest BCUT2D eigenvalue weighted by Gasteiger charge is -2.33. The van der Waals surface area contributed by atoms with Gasteiger partial charge in [-0.05, 0) is 173 Å². The molecule has 2 aromatic heterocycles. The lowest BCUT2D eigenvalue weighted by atomic mass is 9.71. The molecule has 2 aliphatic carbocycles. The van der Waals surface area contributed by atoms with Gasteiger partial charge in [0.25, 0.3) is 0 Å². The fourth-order valence-electron chi connectivity index (χ4n) is 12.5. The summed E-state index contributed by atoms with van der Waals surface area (Å²) in [5.74, 6) is 13.6. The molecule has 0 bridgehead atoms. The van der Waals surface area contributed by atoms with E-state index in [9.17, 15) is 0 Å². The van der Waals surface area contributed by atoms with Crippen molar-refractivity contribution in [2.75, 3.05) is 13.2 Å². The molecule has 2 nitrogen and oxygen atoms in total. The van der Waals surface area contributed by atoms with Crippen LogP contribution in [0.25, 0.3) is 65.3 Å². The van der Waals surface area contributed by atoms with Gasteiger partial charge in [0.2, 0.25) is 0 Å². The maximum atomic E-state index is 6.02. The number of hydrogen-bond donors (Lipinski definition) is 0. The Kier molecular flexibility index (Phi) is 10.9. The molecule has 0 fully saturated rings. The van der Waals surface area contributed by atoms with Gasteiger partial charge in [-0.2, -0.15) is 0 Å². The van der Waals surface area contributed by atoms with Crippen LogP contribution >= 0.6 is 22.7 Å². The highest BCUT2D eigenvalue weighted by atomic mass is 32.1. The smallest absolute Gasteiger partial charge is 0.149 e. The molecule has 356 valence electrons. The molecule has 0 spiro atoms. The number of benzene rings is 10. The Bertz CT molecular complexity index is 4130. The molecule has 0 N–H and O–H groups in total. The summed E-state index contributed by atoms with van der Waals surface area (Å²) in [6, 6.07) is 81.9. The van der Waals surface area contributed by atoms with E-state index in [1.165, 1.54) is 107 Å². The third-order valence-electron chi connectivity index (χ3n) is 15.7. The number of ether oxygens (including phenoxy) is 2. The van der Waals surface area contributed by atoms with Crippen molar-refractivity contribution < 1.29 is 9.47 Å². The Morgan fingerprint density at radius 2 is 0.787 bits per heavy atom. The summed E-state index contributed by atoms with van der Waals surface area (Å²) in [7, 11) is 0. The van der Waals surface area contributed by atoms with Crippen molar-refractivity contribution >= 4 is 65.8 Å². The molecule has 4 heteroatoms. The molecule has 0 saturated carbocycles. The van der Waals surface area contributed by atoms with Crippen LogP contribution in [0.3, 0.4) is 0 Å². The Morgan fingerprint density at radius 3 is 1.27 bits per heavy atom. The van der Waals surface area contributed by atoms with Crippen LogP contribution in [0.5, 0.6) is 11.5 Å². The van der Waals surface area contributed by atoms with Gasteiger partial charge in [-0.1, -0.05) is 170 Å². The van der Waals surface area contributed by atoms with Gasteiger partial charge in [0.05, 0.1) is 10.8 Å². The fraction of sp³-hybridized carbons (Fsp3) is 0.0986. The second kappa shape index (κ2) is 18.1. The van der Waals surface area contributed by atoms with E-state index in [0.29, 0.717) is 13.2 Å². The van der Waals surface area contributed by atoms with Crippen molar-refractivity contribution in [2.24, 2.45) is 0 Å². The molecule has 14 rings (SSSR count). The lowest BCUT2D eigenvalue weighted by Crippen LogP contribution is -2.27. The first-order valence-corrected chi connectivity index (χ1v) is 27.3. The summed E-state index contributed by atoms with van der Waals surface area (Å²) in [4.78, 5) is 5.31. The zero-order valence-corrected chi connectivity index (χ0v) is 43.2. The van der Waals surface area contributed by atoms with Crippen LogP contribution < -0.4 is 9.47 Å². The standard InChI is InChI=1S/C71H48O2S2/c1-3-5-39-72-54-31-25-48-41-52(29-23-50(48)43-54)70(62-21-13-11-19-60(62)68-58-17-9-7-15-46(58)27-35-64(68)70)66-37-33-56(74-66)45-57-34-38-67(75-57)71(53-30-24-51-44-55(73-40-6-4-2)32-26-49(51)42-53)63-22-14-12-20-61(63)69-59-18-10-8-16-47(59)28-36-65(69)71/h7-38,41-44H,39-40,45H2,1-2H3. The van der Waals surface area contributed by atoms with E-state index in [1.54, 1.807) is 0 Å². The summed E-state index contributed by atoms with van der Waals surface area (Å²) >= 11 is 3.90. The van der Waals surface area contributed by atoms with E-state index in [2.05, 4.69) is 242 Å². The second-order valence-corrected chi connectivity index (χ2v) is 21.9. The quantitative estimate of drug-likeness (QED) is 0.127. The molecule has 75 heavy (non-hydrogen) atoms. The first-order valence-electron chi connectivity index (χ1n) is 25.6. The van der Waals surface area contributed by atoms with Crippen LogP contribution in [0.2, 0.25) is 0 Å². The molecule has 0 aliphatic heterocycles. The predicted molar refractivity (Wildman–Crippen MR) is 314 cm³/mol. The van der Waals surface area contributed by atoms with Crippen molar-refractivity contribution in [3.05, 3.63) is 271 Å². The summed E-state index contributed by atoms with van der Waals surface area (Å²) in [5.41, 5.74) is 11.9. The minimum atomic E-state index is -0.545. The first kappa shape index (κ1) is 45.0. The number of thiophene rings is 2. The third kappa shape index (κ3) is 7.02. The molecule has 0 amide bonds. The Hall–Kier alpha value is -8.64. The molecule has 2 atom stereocenters. The van der Waals surface area contributed by atoms with E-state index < -0.39 is 10.8 Å². The number of rotatable bonds is 10. The minimum Gasteiger partial charge on any atom is -0.481 e. The number of fused-ring (bicyclic) bond motifs is 12. The highest BCUT2D eigenvalue weighted by molar-refractivity contribution is 7.13. The Labute approximate surface area is 445 Å². The normalized spacial score (nSPS) is 15.9. The molecule has 2 unspecified atom stereocenters. The van der Waals surface area contributed by atoms with E-state index >= 15 is 0 Å². The molecule has 0 radical (unpaired) electrons. The van der Waals surface area contributed by atoms with Gasteiger partial charge in [0.1, 0.15) is 24.7 Å². The SMILES string of the molecule is CC#CCOc1ccc2cc(C3(c4ccc(Cc5ccc(C6(c7ccc8cc(OCC#CC)ccc8c7)c7ccccc7-c7c6ccc6ccccc76)s5)s4)c4ccccc4-c4c3ccc3ccccc43)ccc2c1. The molecule has 0 saturated heterocycles. The zero-order valence-electron chi connectivity index (χ0n) is 41.5. The maximum absolute atomic E-state index is 6.02. The van der Waals surface area contributed by atoms with E-state index in [1.807, 2.05) is 36.5 Å². The predicted octanol–water partition coefficient (Wildman–Crippen LogP) is 17.5. The van der Waals surface area contributed by atoms with Gasteiger partial charge in [-0.3, -0.25) is 0 Å². The van der Waals surface area contributed by atoms with Crippen LogP contribution in [0.4, 0.5) is 0 Å². The highest BCUT2D eigenvalue weighted by Crippen LogP contribution is 2.61. The molecule has 2 aliphatic rings. The molecular formula is C71H48O2S2. The van der Waals surface area contributed by atoms with Crippen molar-refractivity contribution in [3.8, 4) is 57.4 Å². The van der Waals surface area contributed by atoms with Gasteiger partial charge in [-0.25, -0.2) is 0 Å². The zero-order chi connectivity index (χ0) is 50.1. The van der Waals surface area contributed by atoms with Gasteiger partial charge in [-0.15, -0.1) is 34.5 Å². The van der Waals surface area contributed by atoms with E-state index in [-0.39, 0.29) is 0 Å². The topological polar surface area (TPSA) is 18.5 Å². The van der Waals surface area contributed by atoms with Gasteiger partial charge in [0, 0.05) is 25.9 Å². The van der Waals surface area contributed by atoms with Crippen molar-refractivity contribution in [3.63, 3.8) is 0 Å². The van der Waals surface area contributed by atoms with Gasteiger partial charge < -0.3 is 9.47 Å². The minimum absolute atomic E-state index is 0.372. The first-order chi connectivity index (χ1) is 37.1. The van der Waals surface area contributed by atoms with Crippen molar-refractivity contribution in [1.29, 1.82) is 0 Å². The Balaban J connectivity index is 0.912.